The molecule has 1 aliphatic rings. The minimum absolute atomic E-state index is 0.0938. The monoisotopic (exact) mass is 559 g/mol. The number of amides is 1. The van der Waals surface area contributed by atoms with Crippen molar-refractivity contribution >= 4 is 34.6 Å². The molecule has 0 bridgehead atoms. The van der Waals surface area contributed by atoms with Crippen molar-refractivity contribution in [3.05, 3.63) is 101 Å². The van der Waals surface area contributed by atoms with E-state index in [2.05, 4.69) is 21.7 Å². The number of aromatic nitrogens is 2. The highest BCUT2D eigenvalue weighted by Gasteiger charge is 2.42. The maximum atomic E-state index is 14.9. The molecule has 4 aromatic rings. The lowest BCUT2D eigenvalue weighted by atomic mass is 9.96. The quantitative estimate of drug-likeness (QED) is 0.280. The number of anilines is 2. The molecule has 2 N–H and O–H groups in total. The van der Waals surface area contributed by atoms with Crippen LogP contribution in [-0.2, 0) is 9.53 Å². The van der Waals surface area contributed by atoms with Crippen molar-refractivity contribution in [2.24, 2.45) is 0 Å². The molecule has 0 unspecified atom stereocenters. The zero-order valence-corrected chi connectivity index (χ0v) is 23.5. The first-order chi connectivity index (χ1) is 19.3. The topological polar surface area (TPSA) is 80.7 Å². The zero-order chi connectivity index (χ0) is 28.4. The van der Waals surface area contributed by atoms with Gasteiger partial charge in [-0.3, -0.25) is 9.78 Å². The molecule has 1 aliphatic heterocycles. The Morgan fingerprint density at radius 2 is 1.88 bits per heavy atom. The largest absolute Gasteiger partial charge is 0.495 e. The summed E-state index contributed by atoms with van der Waals surface area (Å²) in [7, 11) is 3.00. The smallest absolute Gasteiger partial charge is 0.250 e. The average Bonchev–Trinajstić information content (AvgIpc) is 3.44. The summed E-state index contributed by atoms with van der Waals surface area (Å²) in [6.07, 6.45) is 1.75. The number of pyridine rings is 1. The van der Waals surface area contributed by atoms with Crippen LogP contribution in [0.25, 0.3) is 5.69 Å². The first-order valence-corrected chi connectivity index (χ1v) is 13.2. The molecule has 2 aromatic heterocycles. The van der Waals surface area contributed by atoms with E-state index in [9.17, 15) is 9.18 Å². The van der Waals surface area contributed by atoms with E-state index in [1.165, 1.54) is 13.2 Å². The van der Waals surface area contributed by atoms with Crippen LogP contribution in [0.5, 0.6) is 5.75 Å². The molecule has 1 amide bonds. The number of hydrogen-bond donors (Lipinski definition) is 2. The van der Waals surface area contributed by atoms with Gasteiger partial charge in [0.2, 0.25) is 5.91 Å². The summed E-state index contributed by atoms with van der Waals surface area (Å²) in [6, 6.07) is 19.4. The van der Waals surface area contributed by atoms with E-state index in [4.69, 9.17) is 21.7 Å². The second kappa shape index (κ2) is 11.4. The highest BCUT2D eigenvalue weighted by atomic mass is 32.1. The normalized spacial score (nSPS) is 16.6. The number of para-hydroxylation sites is 1. The molecule has 1 saturated heterocycles. The third-order valence-corrected chi connectivity index (χ3v) is 7.31. The van der Waals surface area contributed by atoms with Crippen LogP contribution in [0.1, 0.15) is 34.7 Å². The molecule has 0 aliphatic carbocycles. The molecule has 0 saturated carbocycles. The van der Waals surface area contributed by atoms with Crippen molar-refractivity contribution in [1.82, 2.24) is 14.9 Å². The Morgan fingerprint density at radius 3 is 2.58 bits per heavy atom. The van der Waals surface area contributed by atoms with Crippen LogP contribution in [0, 0.1) is 19.7 Å². The van der Waals surface area contributed by atoms with Gasteiger partial charge in [0.05, 0.1) is 36.3 Å². The number of halogens is 1. The van der Waals surface area contributed by atoms with Gasteiger partial charge in [-0.2, -0.15) is 0 Å². The average molecular weight is 560 g/mol. The van der Waals surface area contributed by atoms with E-state index in [0.29, 0.717) is 22.2 Å². The molecule has 40 heavy (non-hydrogen) atoms. The van der Waals surface area contributed by atoms with Crippen LogP contribution in [0.15, 0.2) is 72.9 Å². The summed E-state index contributed by atoms with van der Waals surface area (Å²) in [5.74, 6) is -0.112. The zero-order valence-electron chi connectivity index (χ0n) is 22.6. The van der Waals surface area contributed by atoms with Crippen LogP contribution in [0.4, 0.5) is 15.8 Å². The fraction of sp³-hybridized carbons (Fsp3) is 0.233. The molecule has 2 atom stereocenters. The predicted molar refractivity (Wildman–Crippen MR) is 157 cm³/mol. The van der Waals surface area contributed by atoms with Crippen LogP contribution < -0.4 is 20.3 Å². The number of ether oxygens (including phenoxy) is 2. The number of benzene rings is 2. The van der Waals surface area contributed by atoms with Crippen LogP contribution in [0.2, 0.25) is 0 Å². The number of nitrogens with zero attached hydrogens (tertiary/aromatic N) is 3. The summed E-state index contributed by atoms with van der Waals surface area (Å²) in [5, 5.41) is 6.81. The number of hydrogen-bond acceptors (Lipinski definition) is 5. The number of carbonyl (C=O) groups excluding carboxylic acids is 1. The van der Waals surface area contributed by atoms with E-state index in [1.54, 1.807) is 31.5 Å². The number of carbonyl (C=O) groups is 1. The van der Waals surface area contributed by atoms with E-state index in [1.807, 2.05) is 59.7 Å². The predicted octanol–water partition coefficient (Wildman–Crippen LogP) is 5.40. The van der Waals surface area contributed by atoms with E-state index >= 15 is 0 Å². The van der Waals surface area contributed by atoms with Crippen LogP contribution in [-0.4, -0.2) is 41.4 Å². The Labute approximate surface area is 237 Å². The third-order valence-electron chi connectivity index (χ3n) is 6.99. The van der Waals surface area contributed by atoms with E-state index in [0.717, 1.165) is 28.3 Å². The summed E-state index contributed by atoms with van der Waals surface area (Å²) >= 11 is 5.89. The molecular formula is C30H30FN5O3S. The number of thiocarbonyl (C=S) groups is 1. The number of methoxy groups -OCH3 is 2. The maximum Gasteiger partial charge on any atom is 0.250 e. The molecule has 0 spiro atoms. The van der Waals surface area contributed by atoms with Crippen molar-refractivity contribution in [2.75, 3.05) is 31.0 Å². The first kappa shape index (κ1) is 27.3. The summed E-state index contributed by atoms with van der Waals surface area (Å²) in [4.78, 5) is 19.0. The fourth-order valence-electron chi connectivity index (χ4n) is 5.30. The van der Waals surface area contributed by atoms with Crippen molar-refractivity contribution in [3.63, 3.8) is 0 Å². The third kappa shape index (κ3) is 5.03. The van der Waals surface area contributed by atoms with E-state index in [-0.39, 0.29) is 30.4 Å². The molecule has 3 heterocycles. The molecule has 10 heteroatoms. The van der Waals surface area contributed by atoms with Gasteiger partial charge in [0.15, 0.2) is 5.11 Å². The molecule has 2 aromatic carbocycles. The van der Waals surface area contributed by atoms with Gasteiger partial charge in [0, 0.05) is 30.4 Å². The van der Waals surface area contributed by atoms with Gasteiger partial charge in [0.1, 0.15) is 18.2 Å². The van der Waals surface area contributed by atoms with Crippen LogP contribution >= 0.6 is 12.2 Å². The SMILES string of the molecule is COCC(=O)Nc1cc(N2C(=S)N[C@H](c3ccccn3)[C@@H]2c2cc(C)n(-c3ccccc3F)c2C)ccc1OC. The minimum Gasteiger partial charge on any atom is -0.495 e. The second-order valence-electron chi connectivity index (χ2n) is 9.48. The number of rotatable bonds is 8. The Balaban J connectivity index is 1.66. The first-order valence-electron chi connectivity index (χ1n) is 12.7. The van der Waals surface area contributed by atoms with E-state index < -0.39 is 0 Å². The molecule has 5 rings (SSSR count). The maximum absolute atomic E-state index is 14.9. The highest BCUT2D eigenvalue weighted by molar-refractivity contribution is 7.80. The number of aryl methyl sites for hydroxylation is 1. The molecule has 8 nitrogen and oxygen atoms in total. The summed E-state index contributed by atoms with van der Waals surface area (Å²) in [5.41, 5.74) is 5.25. The van der Waals surface area contributed by atoms with Gasteiger partial charge in [-0.15, -0.1) is 0 Å². The highest BCUT2D eigenvalue weighted by Crippen LogP contribution is 2.45. The fourth-order valence-corrected chi connectivity index (χ4v) is 5.65. The lowest BCUT2D eigenvalue weighted by Crippen LogP contribution is -2.29. The van der Waals surface area contributed by atoms with Gasteiger partial charge >= 0.3 is 0 Å². The van der Waals surface area contributed by atoms with Crippen molar-refractivity contribution < 1.29 is 18.7 Å². The van der Waals surface area contributed by atoms with Gasteiger partial charge < -0.3 is 29.6 Å². The van der Waals surface area contributed by atoms with Gasteiger partial charge in [0.25, 0.3) is 0 Å². The standard InChI is InChI=1S/C30H30FN5O3S/c1-18-15-21(19(2)35(18)25-11-6-5-9-22(25)31)29-28(23-10-7-8-14-32-23)34-30(40)36(29)20-12-13-26(39-4)24(16-20)33-27(37)17-38-3/h5-16,28-29H,17H2,1-4H3,(H,33,37)(H,34,40)/t28-,29+/m1/s1. The Bertz CT molecular complexity index is 1560. The van der Waals surface area contributed by atoms with Gasteiger partial charge in [-0.1, -0.05) is 18.2 Å². The Morgan fingerprint density at radius 1 is 1.10 bits per heavy atom. The van der Waals surface area contributed by atoms with Crippen molar-refractivity contribution in [1.29, 1.82) is 0 Å². The molecular weight excluding hydrogens is 529 g/mol. The van der Waals surface area contributed by atoms with Crippen LogP contribution in [0.3, 0.4) is 0 Å². The van der Waals surface area contributed by atoms with Gasteiger partial charge in [-0.25, -0.2) is 4.39 Å². The minimum atomic E-state index is -0.329. The Hall–Kier alpha value is -4.28. The summed E-state index contributed by atoms with van der Waals surface area (Å²) in [6.45, 7) is 3.85. The second-order valence-corrected chi connectivity index (χ2v) is 9.86. The number of nitrogens with one attached hydrogen (secondary N) is 2. The molecule has 1 fully saturated rings. The molecule has 206 valence electrons. The summed E-state index contributed by atoms with van der Waals surface area (Å²) < 4.78 is 27.3. The van der Waals surface area contributed by atoms with Gasteiger partial charge in [-0.05, 0) is 80.2 Å². The lowest BCUT2D eigenvalue weighted by Gasteiger charge is -2.29. The lowest BCUT2D eigenvalue weighted by molar-refractivity contribution is -0.119. The Kier molecular flexibility index (Phi) is 7.81. The molecule has 0 radical (unpaired) electrons. The van der Waals surface area contributed by atoms with Crippen molar-refractivity contribution in [2.45, 2.75) is 25.9 Å². The van der Waals surface area contributed by atoms with Crippen molar-refractivity contribution in [3.8, 4) is 11.4 Å².